The van der Waals surface area contributed by atoms with Crippen molar-refractivity contribution in [3.8, 4) is 12.1 Å². The maximum absolute atomic E-state index is 8.81. The van der Waals surface area contributed by atoms with Gasteiger partial charge in [0, 0.05) is 0 Å². The largest absolute Gasteiger partial charge is 0.197 e. The van der Waals surface area contributed by atoms with Gasteiger partial charge in [-0.3, -0.25) is 0 Å². The van der Waals surface area contributed by atoms with E-state index in [-0.39, 0.29) is 0 Å². The van der Waals surface area contributed by atoms with Gasteiger partial charge in [-0.1, -0.05) is 24.3 Å². The van der Waals surface area contributed by atoms with Crippen LogP contribution in [0.1, 0.15) is 25.0 Å². The van der Waals surface area contributed by atoms with Crippen LogP contribution in [-0.4, -0.2) is 0 Å². The minimum absolute atomic E-state index is 0.450. The summed E-state index contributed by atoms with van der Waals surface area (Å²) in [7, 11) is 0. The highest BCUT2D eigenvalue weighted by molar-refractivity contribution is 5.52. The van der Waals surface area contributed by atoms with Gasteiger partial charge in [-0.05, 0) is 31.5 Å². The Morgan fingerprint density at radius 3 is 2.20 bits per heavy atom. The van der Waals surface area contributed by atoms with Crippen LogP contribution in [-0.2, 0) is 0 Å². The first-order valence-corrected chi connectivity index (χ1v) is 4.68. The Morgan fingerprint density at radius 1 is 1.13 bits per heavy atom. The predicted molar refractivity (Wildman–Crippen MR) is 59.6 cm³/mol. The van der Waals surface area contributed by atoms with Gasteiger partial charge in [0.05, 0.1) is 23.1 Å². The molecule has 0 atom stereocenters. The zero-order valence-electron chi connectivity index (χ0n) is 8.86. The van der Waals surface area contributed by atoms with Gasteiger partial charge in [0.2, 0.25) is 0 Å². The molecule has 0 aliphatic carbocycles. The maximum atomic E-state index is 8.81. The molecule has 0 unspecified atom stereocenters. The first kappa shape index (κ1) is 11.0. The molecule has 0 saturated heterocycles. The Hall–Kier alpha value is -2.06. The summed E-state index contributed by atoms with van der Waals surface area (Å²) in [5.74, 6) is 0. The third-order valence-corrected chi connectivity index (χ3v) is 2.02. The summed E-state index contributed by atoms with van der Waals surface area (Å²) in [6.07, 6.45) is 3.75. The smallest absolute Gasteiger partial charge is 0.0991 e. The number of nitriles is 2. The molecule has 0 aliphatic heterocycles. The Bertz CT molecular complexity index is 439. The number of benzene rings is 1. The van der Waals surface area contributed by atoms with Crippen LogP contribution < -0.4 is 0 Å². The number of hydrogen-bond acceptors (Lipinski definition) is 2. The van der Waals surface area contributed by atoms with Crippen LogP contribution >= 0.6 is 0 Å². The van der Waals surface area contributed by atoms with Gasteiger partial charge in [0.1, 0.15) is 0 Å². The second-order valence-electron chi connectivity index (χ2n) is 3.90. The second-order valence-corrected chi connectivity index (χ2v) is 3.90. The number of rotatable bonds is 2. The number of allylic oxidation sites excluding steroid dienone is 1. The van der Waals surface area contributed by atoms with Crippen LogP contribution in [0.3, 0.4) is 0 Å². The van der Waals surface area contributed by atoms with Crippen molar-refractivity contribution >= 4 is 6.08 Å². The predicted octanol–water partition coefficient (Wildman–Crippen LogP) is 3.12. The van der Waals surface area contributed by atoms with Crippen LogP contribution in [0.15, 0.2) is 30.3 Å². The lowest BCUT2D eigenvalue weighted by Gasteiger charge is -2.07. The first-order valence-electron chi connectivity index (χ1n) is 4.68. The fraction of sp³-hybridized carbons (Fsp3) is 0.231. The average Bonchev–Trinajstić information content (AvgIpc) is 2.27. The van der Waals surface area contributed by atoms with Crippen molar-refractivity contribution in [2.75, 3.05) is 0 Å². The molecule has 0 N–H and O–H groups in total. The quantitative estimate of drug-likeness (QED) is 0.729. The highest BCUT2D eigenvalue weighted by Gasteiger charge is 2.10. The molecule has 15 heavy (non-hydrogen) atoms. The summed E-state index contributed by atoms with van der Waals surface area (Å²) in [5.41, 5.74) is 1.19. The fourth-order valence-electron chi connectivity index (χ4n) is 1.01. The first-order chi connectivity index (χ1) is 7.07. The van der Waals surface area contributed by atoms with Crippen molar-refractivity contribution in [3.05, 3.63) is 41.5 Å². The molecule has 0 amide bonds. The molecule has 2 nitrogen and oxygen atoms in total. The molecule has 1 aromatic rings. The zero-order chi connectivity index (χ0) is 11.3. The van der Waals surface area contributed by atoms with Crippen molar-refractivity contribution in [1.29, 1.82) is 10.5 Å². The van der Waals surface area contributed by atoms with Gasteiger partial charge in [0.15, 0.2) is 0 Å². The summed E-state index contributed by atoms with van der Waals surface area (Å²) in [6.45, 7) is 3.71. The normalized spacial score (nSPS) is 10.9. The van der Waals surface area contributed by atoms with Crippen LogP contribution in [0.25, 0.3) is 6.08 Å². The number of nitrogens with zero attached hydrogens (tertiary/aromatic N) is 2. The molecule has 0 heterocycles. The lowest BCUT2D eigenvalue weighted by atomic mass is 9.94. The molecular formula is C13H12N2. The van der Waals surface area contributed by atoms with Crippen molar-refractivity contribution in [3.63, 3.8) is 0 Å². The van der Waals surface area contributed by atoms with E-state index in [2.05, 4.69) is 12.1 Å². The summed E-state index contributed by atoms with van der Waals surface area (Å²) in [4.78, 5) is 0. The minimum Gasteiger partial charge on any atom is -0.197 e. The Kier molecular flexibility index (Phi) is 3.26. The van der Waals surface area contributed by atoms with E-state index in [1.165, 1.54) is 0 Å². The van der Waals surface area contributed by atoms with Gasteiger partial charge < -0.3 is 0 Å². The Morgan fingerprint density at radius 2 is 1.73 bits per heavy atom. The molecule has 0 aliphatic rings. The van der Waals surface area contributed by atoms with Crippen LogP contribution in [0.4, 0.5) is 0 Å². The number of hydrogen-bond donors (Lipinski definition) is 0. The molecule has 0 radical (unpaired) electrons. The molecule has 74 valence electrons. The molecule has 0 saturated carbocycles. The molecule has 2 heteroatoms. The van der Waals surface area contributed by atoms with E-state index in [1.54, 1.807) is 12.1 Å². The molecular weight excluding hydrogens is 184 g/mol. The van der Waals surface area contributed by atoms with E-state index < -0.39 is 5.41 Å². The highest BCUT2D eigenvalue weighted by atomic mass is 14.3. The molecule has 0 spiro atoms. The van der Waals surface area contributed by atoms with Crippen LogP contribution in [0.5, 0.6) is 0 Å². The van der Waals surface area contributed by atoms with Gasteiger partial charge >= 0.3 is 0 Å². The van der Waals surface area contributed by atoms with E-state index in [1.807, 2.05) is 38.1 Å². The lowest BCUT2D eigenvalue weighted by molar-refractivity contribution is 0.647. The third-order valence-electron chi connectivity index (χ3n) is 2.02. The highest BCUT2D eigenvalue weighted by Crippen LogP contribution is 2.17. The monoisotopic (exact) mass is 196 g/mol. The van der Waals surface area contributed by atoms with Crippen molar-refractivity contribution in [1.82, 2.24) is 0 Å². The molecule has 1 rings (SSSR count). The summed E-state index contributed by atoms with van der Waals surface area (Å²) >= 11 is 0. The standard InChI is InChI=1S/C13H12N2/c1-13(2,10-15)8-7-11-3-5-12(9-14)6-4-11/h3-8H,1-2H3/b8-7+. The lowest BCUT2D eigenvalue weighted by Crippen LogP contribution is -2.01. The van der Waals surface area contributed by atoms with E-state index in [9.17, 15) is 0 Å². The summed E-state index contributed by atoms with van der Waals surface area (Å²) < 4.78 is 0. The van der Waals surface area contributed by atoms with E-state index in [0.29, 0.717) is 5.56 Å². The van der Waals surface area contributed by atoms with Crippen molar-refractivity contribution < 1.29 is 0 Å². The van der Waals surface area contributed by atoms with Gasteiger partial charge in [0.25, 0.3) is 0 Å². The molecule has 0 aromatic heterocycles. The molecule has 0 fully saturated rings. The average molecular weight is 196 g/mol. The van der Waals surface area contributed by atoms with Crippen molar-refractivity contribution in [2.24, 2.45) is 5.41 Å². The van der Waals surface area contributed by atoms with Gasteiger partial charge in [-0.2, -0.15) is 10.5 Å². The van der Waals surface area contributed by atoms with Crippen molar-refractivity contribution in [2.45, 2.75) is 13.8 Å². The van der Waals surface area contributed by atoms with Gasteiger partial charge in [-0.15, -0.1) is 0 Å². The summed E-state index contributed by atoms with van der Waals surface area (Å²) in [5, 5.41) is 17.4. The fourth-order valence-corrected chi connectivity index (χ4v) is 1.01. The SMILES string of the molecule is CC(C)(C#N)/C=C/c1ccc(C#N)cc1. The topological polar surface area (TPSA) is 47.6 Å². The Labute approximate surface area is 90.1 Å². The minimum atomic E-state index is -0.450. The van der Waals surface area contributed by atoms with Crippen LogP contribution in [0, 0.1) is 28.1 Å². The zero-order valence-corrected chi connectivity index (χ0v) is 8.86. The Balaban J connectivity index is 2.84. The third kappa shape index (κ3) is 3.29. The van der Waals surface area contributed by atoms with E-state index in [4.69, 9.17) is 10.5 Å². The summed E-state index contributed by atoms with van der Waals surface area (Å²) in [6, 6.07) is 11.5. The molecule has 1 aromatic carbocycles. The maximum Gasteiger partial charge on any atom is 0.0991 e. The van der Waals surface area contributed by atoms with Crippen LogP contribution in [0.2, 0.25) is 0 Å². The van der Waals surface area contributed by atoms with Gasteiger partial charge in [-0.25, -0.2) is 0 Å². The molecule has 0 bridgehead atoms. The second kappa shape index (κ2) is 4.44. The van der Waals surface area contributed by atoms with E-state index >= 15 is 0 Å². The van der Waals surface area contributed by atoms with E-state index in [0.717, 1.165) is 5.56 Å².